The van der Waals surface area contributed by atoms with Crippen molar-refractivity contribution < 1.29 is 14.3 Å². The Hall–Kier alpha value is -1.91. The van der Waals surface area contributed by atoms with Crippen LogP contribution in [0.3, 0.4) is 0 Å². The maximum atomic E-state index is 14.3. The Kier molecular flexibility index (Phi) is 7.03. The minimum Gasteiger partial charge on any atom is -0.462 e. The lowest BCUT2D eigenvalue weighted by Crippen LogP contribution is -2.67. The molecule has 0 radical (unpaired) electrons. The number of nitrogens with zero attached hydrogens (tertiary/aromatic N) is 2. The highest BCUT2D eigenvalue weighted by Gasteiger charge is 2.72. The maximum Gasteiger partial charge on any atom is 0.308 e. The van der Waals surface area contributed by atoms with Crippen LogP contribution in [-0.4, -0.2) is 27.5 Å². The van der Waals surface area contributed by atoms with Crippen LogP contribution < -0.4 is 0 Å². The Labute approximate surface area is 254 Å². The minimum absolute atomic E-state index is 0.000978. The number of fused-ring (bicyclic) bond motifs is 7. The van der Waals surface area contributed by atoms with E-state index in [-0.39, 0.29) is 51.0 Å². The summed E-state index contributed by atoms with van der Waals surface area (Å²) in [6, 6.07) is 0. The third-order valence-electron chi connectivity index (χ3n) is 14.9. The molecule has 42 heavy (non-hydrogen) atoms. The molecule has 232 valence electrons. The number of aromatic nitrogens is 2. The molecular formula is C37H56N2O3. The fraction of sp³-hybridized carbons (Fsp3) is 0.811. The molecule has 0 aliphatic heterocycles. The van der Waals surface area contributed by atoms with Gasteiger partial charge in [0.1, 0.15) is 12.4 Å². The predicted octanol–water partition coefficient (Wildman–Crippen LogP) is 8.75. The first-order chi connectivity index (χ1) is 19.6. The van der Waals surface area contributed by atoms with E-state index in [1.54, 1.807) is 17.1 Å². The lowest BCUT2D eigenvalue weighted by atomic mass is 9.32. The van der Waals surface area contributed by atoms with Crippen molar-refractivity contribution in [2.24, 2.45) is 62.6 Å². The predicted molar refractivity (Wildman–Crippen MR) is 167 cm³/mol. The molecule has 1 heterocycles. The number of carbonyl (C=O) groups is 2. The van der Waals surface area contributed by atoms with E-state index in [1.807, 2.05) is 20.0 Å². The molecule has 5 fully saturated rings. The zero-order chi connectivity index (χ0) is 30.5. The highest BCUT2D eigenvalue weighted by Crippen LogP contribution is 2.77. The van der Waals surface area contributed by atoms with Crippen molar-refractivity contribution in [3.63, 3.8) is 0 Å². The zero-order valence-corrected chi connectivity index (χ0v) is 27.7. The monoisotopic (exact) mass is 576 g/mol. The summed E-state index contributed by atoms with van der Waals surface area (Å²) in [4.78, 5) is 31.2. The minimum atomic E-state index is -0.306. The molecule has 1 aromatic heterocycles. The van der Waals surface area contributed by atoms with Gasteiger partial charge in [-0.2, -0.15) is 0 Å². The van der Waals surface area contributed by atoms with Crippen LogP contribution in [0.4, 0.5) is 0 Å². The molecule has 5 saturated carbocycles. The largest absolute Gasteiger partial charge is 0.462 e. The maximum absolute atomic E-state index is 14.3. The molecular weight excluding hydrogens is 520 g/mol. The van der Waals surface area contributed by atoms with E-state index >= 15 is 0 Å². The van der Waals surface area contributed by atoms with Crippen LogP contribution in [0, 0.1) is 62.6 Å². The molecule has 0 amide bonds. The smallest absolute Gasteiger partial charge is 0.308 e. The molecule has 0 aromatic carbocycles. The van der Waals surface area contributed by atoms with Gasteiger partial charge in [-0.3, -0.25) is 14.2 Å². The summed E-state index contributed by atoms with van der Waals surface area (Å²) in [6.45, 7) is 23.2. The van der Waals surface area contributed by atoms with Gasteiger partial charge in [0.15, 0.2) is 0 Å². The highest BCUT2D eigenvalue weighted by atomic mass is 16.5. The van der Waals surface area contributed by atoms with Crippen molar-refractivity contribution in [1.29, 1.82) is 0 Å². The van der Waals surface area contributed by atoms with Crippen molar-refractivity contribution in [1.82, 2.24) is 9.55 Å². The second-order valence-corrected chi connectivity index (χ2v) is 17.1. The first kappa shape index (κ1) is 30.1. The summed E-state index contributed by atoms with van der Waals surface area (Å²) in [5, 5.41) is 0. The molecule has 5 aliphatic rings. The lowest BCUT2D eigenvalue weighted by molar-refractivity contribution is -0.247. The van der Waals surface area contributed by atoms with Crippen LogP contribution >= 0.6 is 0 Å². The lowest BCUT2D eigenvalue weighted by Gasteiger charge is -2.72. The van der Waals surface area contributed by atoms with Crippen LogP contribution in [0.5, 0.6) is 0 Å². The third-order valence-corrected chi connectivity index (χ3v) is 14.9. The van der Waals surface area contributed by atoms with E-state index in [2.05, 4.69) is 53.1 Å². The standard InChI is InChI=1S/C37H56N2O3/c1-23(2)25-12-17-37(32(41)39-21-20-38-22-39)19-18-35(8)26(30(25)37)10-11-28-34(7)15-14-29(42-31(40)24(3)4)33(5,6)27(34)13-16-36(28,35)9/h20-22,24-30H,1,10-19H2,2-9H3/t25-,26+,27-,28+,29-,30+,34-,35+,36+,37-/m0/s1. The Morgan fingerprint density at radius 3 is 2.29 bits per heavy atom. The normalized spacial score (nSPS) is 45.7. The molecule has 0 unspecified atom stereocenters. The molecule has 6 rings (SSSR count). The molecule has 5 heteroatoms. The van der Waals surface area contributed by atoms with Crippen LogP contribution in [0.25, 0.3) is 0 Å². The van der Waals surface area contributed by atoms with Gasteiger partial charge in [-0.1, -0.05) is 60.6 Å². The van der Waals surface area contributed by atoms with Crippen LogP contribution in [0.15, 0.2) is 30.9 Å². The van der Waals surface area contributed by atoms with E-state index in [1.165, 1.54) is 31.3 Å². The van der Waals surface area contributed by atoms with Gasteiger partial charge >= 0.3 is 5.97 Å². The second-order valence-electron chi connectivity index (χ2n) is 17.1. The summed E-state index contributed by atoms with van der Waals surface area (Å²) in [6.07, 6.45) is 16.5. The third kappa shape index (κ3) is 3.89. The first-order valence-corrected chi connectivity index (χ1v) is 17.0. The number of imidazole rings is 1. The number of ether oxygens (including phenoxy) is 1. The summed E-state index contributed by atoms with van der Waals surface area (Å²) < 4.78 is 7.97. The van der Waals surface area contributed by atoms with E-state index < -0.39 is 0 Å². The summed E-state index contributed by atoms with van der Waals surface area (Å²) >= 11 is 0. The van der Waals surface area contributed by atoms with Gasteiger partial charge in [-0.05, 0) is 117 Å². The quantitative estimate of drug-likeness (QED) is 0.266. The Morgan fingerprint density at radius 1 is 0.905 bits per heavy atom. The van der Waals surface area contributed by atoms with Crippen LogP contribution in [0.2, 0.25) is 0 Å². The first-order valence-electron chi connectivity index (χ1n) is 17.0. The molecule has 1 aromatic rings. The van der Waals surface area contributed by atoms with Gasteiger partial charge in [0.25, 0.3) is 0 Å². The molecule has 0 N–H and O–H groups in total. The van der Waals surface area contributed by atoms with Crippen LogP contribution in [0.1, 0.15) is 124 Å². The molecule has 0 bridgehead atoms. The van der Waals surface area contributed by atoms with Gasteiger partial charge in [0, 0.05) is 17.8 Å². The highest BCUT2D eigenvalue weighted by molar-refractivity contribution is 5.86. The van der Waals surface area contributed by atoms with Crippen molar-refractivity contribution in [3.8, 4) is 0 Å². The molecule has 0 spiro atoms. The van der Waals surface area contributed by atoms with Crippen molar-refractivity contribution in [3.05, 3.63) is 30.9 Å². The number of hydrogen-bond acceptors (Lipinski definition) is 4. The SMILES string of the molecule is C=C(C)[C@@H]1CC[C@]2(C(=O)n3ccnc3)CC[C@]3(C)[C@H](CC[C@@H]4[C@@]5(C)CC[C@H](OC(=O)C(C)C)C(C)(C)[C@@H]5CC[C@]43C)[C@@H]12. The van der Waals surface area contributed by atoms with Gasteiger partial charge in [0.05, 0.1) is 11.3 Å². The van der Waals surface area contributed by atoms with Crippen LogP contribution in [-0.2, 0) is 9.53 Å². The number of carbonyl (C=O) groups excluding carboxylic acids is 2. The molecule has 5 nitrogen and oxygen atoms in total. The van der Waals surface area contributed by atoms with Gasteiger partial charge in [-0.15, -0.1) is 0 Å². The summed E-state index contributed by atoms with van der Waals surface area (Å²) in [5.74, 6) is 2.63. The topological polar surface area (TPSA) is 61.2 Å². The Morgan fingerprint density at radius 2 is 1.64 bits per heavy atom. The van der Waals surface area contributed by atoms with Crippen molar-refractivity contribution in [2.75, 3.05) is 0 Å². The molecule has 10 atom stereocenters. The van der Waals surface area contributed by atoms with E-state index in [0.29, 0.717) is 29.6 Å². The van der Waals surface area contributed by atoms with Gasteiger partial charge < -0.3 is 4.74 Å². The summed E-state index contributed by atoms with van der Waals surface area (Å²) in [5.41, 5.74) is 1.58. The number of esters is 1. The Balaban J connectivity index is 1.34. The Bertz CT molecular complexity index is 1250. The molecule has 5 aliphatic carbocycles. The zero-order valence-electron chi connectivity index (χ0n) is 27.7. The van der Waals surface area contributed by atoms with E-state index in [4.69, 9.17) is 4.74 Å². The number of allylic oxidation sites excluding steroid dienone is 1. The van der Waals surface area contributed by atoms with Gasteiger partial charge in [0.2, 0.25) is 5.91 Å². The van der Waals surface area contributed by atoms with E-state index in [0.717, 1.165) is 38.5 Å². The molecule has 0 saturated heterocycles. The second kappa shape index (κ2) is 9.80. The number of rotatable bonds is 4. The van der Waals surface area contributed by atoms with Gasteiger partial charge in [-0.25, -0.2) is 4.98 Å². The van der Waals surface area contributed by atoms with Crippen molar-refractivity contribution in [2.45, 2.75) is 126 Å². The fourth-order valence-electron chi connectivity index (χ4n) is 12.6. The fourth-order valence-corrected chi connectivity index (χ4v) is 12.6. The van der Waals surface area contributed by atoms with E-state index in [9.17, 15) is 9.59 Å². The average Bonchev–Trinajstić information content (AvgIpc) is 3.59. The number of hydrogen-bond donors (Lipinski definition) is 0. The van der Waals surface area contributed by atoms with Crippen molar-refractivity contribution >= 4 is 11.9 Å². The average molecular weight is 577 g/mol. The summed E-state index contributed by atoms with van der Waals surface area (Å²) in [7, 11) is 0.